The Hall–Kier alpha value is -2.13. The van der Waals surface area contributed by atoms with E-state index in [4.69, 9.17) is 18.7 Å². The molecule has 8 nitrogen and oxygen atoms in total. The van der Waals surface area contributed by atoms with Crippen LogP contribution in [0.25, 0.3) is 11.4 Å². The highest BCUT2D eigenvalue weighted by atomic mass is 79.9. The Balaban J connectivity index is 1.59. The highest BCUT2D eigenvalue weighted by Gasteiger charge is 2.18. The van der Waals surface area contributed by atoms with Gasteiger partial charge in [-0.1, -0.05) is 5.16 Å². The van der Waals surface area contributed by atoms with Gasteiger partial charge in [0.05, 0.1) is 24.3 Å². The van der Waals surface area contributed by atoms with E-state index in [1.165, 1.54) is 0 Å². The first-order chi connectivity index (χ1) is 13.6. The van der Waals surface area contributed by atoms with Gasteiger partial charge in [0.25, 0.3) is 0 Å². The first kappa shape index (κ1) is 20.6. The number of amides is 1. The fourth-order valence-corrected chi connectivity index (χ4v) is 3.58. The molecule has 1 aliphatic rings. The summed E-state index contributed by atoms with van der Waals surface area (Å²) in [4.78, 5) is 16.4. The molecule has 0 spiro atoms. The van der Waals surface area contributed by atoms with Crippen molar-refractivity contribution in [1.29, 1.82) is 0 Å². The molecule has 0 bridgehead atoms. The van der Waals surface area contributed by atoms with Gasteiger partial charge < -0.3 is 24.1 Å². The van der Waals surface area contributed by atoms with Crippen LogP contribution in [0, 0.1) is 0 Å². The van der Waals surface area contributed by atoms with Crippen molar-refractivity contribution in [1.82, 2.24) is 15.5 Å². The second-order valence-electron chi connectivity index (χ2n) is 6.37. The summed E-state index contributed by atoms with van der Waals surface area (Å²) >= 11 is 3.47. The van der Waals surface area contributed by atoms with E-state index >= 15 is 0 Å². The zero-order valence-corrected chi connectivity index (χ0v) is 17.6. The summed E-state index contributed by atoms with van der Waals surface area (Å²) in [6.45, 7) is 3.73. The fourth-order valence-electron chi connectivity index (χ4n) is 2.97. The van der Waals surface area contributed by atoms with Crippen molar-refractivity contribution in [2.75, 3.05) is 26.9 Å². The lowest BCUT2D eigenvalue weighted by molar-refractivity contribution is -0.121. The molecule has 2 heterocycles. The number of hydrogen-bond acceptors (Lipinski definition) is 7. The van der Waals surface area contributed by atoms with Crippen LogP contribution in [0.15, 0.2) is 21.1 Å². The zero-order valence-electron chi connectivity index (χ0n) is 16.0. The van der Waals surface area contributed by atoms with Crippen LogP contribution in [-0.4, -0.2) is 49.0 Å². The summed E-state index contributed by atoms with van der Waals surface area (Å²) in [5.41, 5.74) is 0.731. The van der Waals surface area contributed by atoms with E-state index in [0.29, 0.717) is 42.8 Å². The van der Waals surface area contributed by atoms with Crippen LogP contribution in [0.2, 0.25) is 0 Å². The molecule has 0 unspecified atom stereocenters. The van der Waals surface area contributed by atoms with E-state index in [1.807, 2.05) is 13.0 Å². The Labute approximate surface area is 172 Å². The van der Waals surface area contributed by atoms with E-state index in [1.54, 1.807) is 13.2 Å². The molecule has 1 fully saturated rings. The van der Waals surface area contributed by atoms with Gasteiger partial charge in [-0.15, -0.1) is 0 Å². The zero-order chi connectivity index (χ0) is 19.9. The number of carbonyl (C=O) groups excluding carboxylic acids is 1. The van der Waals surface area contributed by atoms with E-state index in [9.17, 15) is 4.79 Å². The topological polar surface area (TPSA) is 95.7 Å². The lowest BCUT2D eigenvalue weighted by Gasteiger charge is -2.12. The molecule has 1 amide bonds. The van der Waals surface area contributed by atoms with Crippen LogP contribution in [0.5, 0.6) is 11.5 Å². The summed E-state index contributed by atoms with van der Waals surface area (Å²) in [5, 5.41) is 6.90. The molecule has 0 radical (unpaired) electrons. The van der Waals surface area contributed by atoms with E-state index in [2.05, 4.69) is 31.4 Å². The first-order valence-corrected chi connectivity index (χ1v) is 10.1. The molecule has 1 saturated heterocycles. The average molecular weight is 454 g/mol. The molecule has 0 aliphatic carbocycles. The van der Waals surface area contributed by atoms with Gasteiger partial charge in [-0.2, -0.15) is 4.98 Å². The molecule has 1 aromatic heterocycles. The van der Waals surface area contributed by atoms with Crippen LogP contribution in [-0.2, 0) is 16.0 Å². The predicted molar refractivity (Wildman–Crippen MR) is 105 cm³/mol. The maximum atomic E-state index is 12.0. The average Bonchev–Trinajstić information content (AvgIpc) is 3.36. The summed E-state index contributed by atoms with van der Waals surface area (Å²) < 4.78 is 22.5. The lowest BCUT2D eigenvalue weighted by atomic mass is 10.2. The van der Waals surface area contributed by atoms with Crippen LogP contribution in [0.4, 0.5) is 0 Å². The van der Waals surface area contributed by atoms with Gasteiger partial charge in [-0.3, -0.25) is 4.79 Å². The van der Waals surface area contributed by atoms with Crippen molar-refractivity contribution in [3.8, 4) is 22.9 Å². The molecule has 152 valence electrons. The third kappa shape index (κ3) is 5.23. The van der Waals surface area contributed by atoms with Crippen LogP contribution < -0.4 is 14.8 Å². The molecule has 9 heteroatoms. The highest BCUT2D eigenvalue weighted by Crippen LogP contribution is 2.39. The largest absolute Gasteiger partial charge is 0.492 e. The van der Waals surface area contributed by atoms with Crippen LogP contribution >= 0.6 is 15.9 Å². The van der Waals surface area contributed by atoms with Gasteiger partial charge in [0, 0.05) is 31.6 Å². The third-order valence-electron chi connectivity index (χ3n) is 4.36. The van der Waals surface area contributed by atoms with Gasteiger partial charge in [0.1, 0.15) is 0 Å². The number of nitrogens with one attached hydrogen (secondary N) is 1. The molecular weight excluding hydrogens is 430 g/mol. The van der Waals surface area contributed by atoms with Gasteiger partial charge >= 0.3 is 0 Å². The van der Waals surface area contributed by atoms with Crippen molar-refractivity contribution in [2.24, 2.45) is 0 Å². The summed E-state index contributed by atoms with van der Waals surface area (Å²) in [6, 6.07) is 3.64. The number of nitrogens with zero attached hydrogens (tertiary/aromatic N) is 2. The minimum Gasteiger partial charge on any atom is -0.492 e. The van der Waals surface area contributed by atoms with Crippen molar-refractivity contribution >= 4 is 21.8 Å². The quantitative estimate of drug-likeness (QED) is 0.622. The van der Waals surface area contributed by atoms with Gasteiger partial charge in [-0.05, 0) is 47.8 Å². The van der Waals surface area contributed by atoms with Crippen molar-refractivity contribution in [3.05, 3.63) is 22.5 Å². The van der Waals surface area contributed by atoms with Crippen molar-refractivity contribution in [3.63, 3.8) is 0 Å². The normalized spacial score (nSPS) is 16.2. The van der Waals surface area contributed by atoms with Crippen LogP contribution in [0.3, 0.4) is 0 Å². The Morgan fingerprint density at radius 2 is 2.29 bits per heavy atom. The highest BCUT2D eigenvalue weighted by molar-refractivity contribution is 9.10. The summed E-state index contributed by atoms with van der Waals surface area (Å²) in [5.74, 6) is 1.98. The predicted octanol–water partition coefficient (Wildman–Crippen LogP) is 3.13. The second kappa shape index (κ2) is 9.88. The molecular formula is C19H24BrN3O5. The van der Waals surface area contributed by atoms with E-state index in [-0.39, 0.29) is 18.4 Å². The monoisotopic (exact) mass is 453 g/mol. The van der Waals surface area contributed by atoms with Crippen molar-refractivity contribution in [2.45, 2.75) is 38.7 Å². The number of ether oxygens (including phenoxy) is 3. The molecule has 3 rings (SSSR count). The Bertz CT molecular complexity index is 805. The summed E-state index contributed by atoms with van der Waals surface area (Å²) in [6.07, 6.45) is 2.84. The number of aromatic nitrogens is 2. The molecule has 2 aromatic rings. The number of methoxy groups -OCH3 is 1. The Morgan fingerprint density at radius 3 is 3.00 bits per heavy atom. The third-order valence-corrected chi connectivity index (χ3v) is 4.95. The van der Waals surface area contributed by atoms with Gasteiger partial charge in [0.15, 0.2) is 11.5 Å². The Kier molecular flexibility index (Phi) is 7.27. The number of hydrogen-bond donors (Lipinski definition) is 1. The Morgan fingerprint density at radius 1 is 1.43 bits per heavy atom. The number of halogens is 1. The minimum atomic E-state index is -0.0546. The maximum Gasteiger partial charge on any atom is 0.227 e. The first-order valence-electron chi connectivity index (χ1n) is 9.32. The smallest absolute Gasteiger partial charge is 0.227 e. The molecule has 28 heavy (non-hydrogen) atoms. The standard InChI is InChI=1S/C19H24BrN3O5/c1-3-26-15-10-12(9-14(20)18(15)25-2)19-22-17(28-23-19)7-6-16(24)21-11-13-5-4-8-27-13/h9-10,13H,3-8,11H2,1-2H3,(H,21,24)/t13-/m1/s1. The van der Waals surface area contributed by atoms with Crippen LogP contribution in [0.1, 0.15) is 32.1 Å². The molecule has 1 aliphatic heterocycles. The number of rotatable bonds is 9. The number of carbonyl (C=O) groups is 1. The minimum absolute atomic E-state index is 0.0546. The molecule has 1 N–H and O–H groups in total. The number of aryl methyl sites for hydroxylation is 1. The SMILES string of the molecule is CCOc1cc(-c2noc(CCC(=O)NC[C@H]3CCCO3)n2)cc(Br)c1OC. The molecule has 1 atom stereocenters. The molecule has 1 aromatic carbocycles. The maximum absolute atomic E-state index is 12.0. The van der Waals surface area contributed by atoms with Gasteiger partial charge in [-0.25, -0.2) is 0 Å². The number of benzene rings is 1. The summed E-state index contributed by atoms with van der Waals surface area (Å²) in [7, 11) is 1.58. The second-order valence-corrected chi connectivity index (χ2v) is 7.23. The fraction of sp³-hybridized carbons (Fsp3) is 0.526. The van der Waals surface area contributed by atoms with E-state index < -0.39 is 0 Å². The van der Waals surface area contributed by atoms with E-state index in [0.717, 1.165) is 29.5 Å². The van der Waals surface area contributed by atoms with Crippen molar-refractivity contribution < 1.29 is 23.5 Å². The lowest BCUT2D eigenvalue weighted by Crippen LogP contribution is -2.31. The molecule has 0 saturated carbocycles. The van der Waals surface area contributed by atoms with Gasteiger partial charge in [0.2, 0.25) is 17.6 Å².